The molecule has 0 unspecified atom stereocenters. The summed E-state index contributed by atoms with van der Waals surface area (Å²) in [6.45, 7) is 1.75. The van der Waals surface area contributed by atoms with E-state index in [9.17, 15) is 13.2 Å². The molecule has 9 heteroatoms. The third-order valence-electron chi connectivity index (χ3n) is 4.98. The Bertz CT molecular complexity index is 1350. The first kappa shape index (κ1) is 22.4. The summed E-state index contributed by atoms with van der Waals surface area (Å²) in [6.07, 6.45) is 0. The standard InChI is InChI=1S/C23H15BrClF4N3/c1-11-19(13-8-7-12(26)9-15(13)24)23(32(2)31-11)30-18-10-17(28)21(25)22(29)20(18)14-5-3-4-6-16(14)27/h3-10,30H,1-2H3. The van der Waals surface area contributed by atoms with Gasteiger partial charge in [0.1, 0.15) is 28.3 Å². The fourth-order valence-corrected chi connectivity index (χ4v) is 4.26. The van der Waals surface area contributed by atoms with Gasteiger partial charge in [-0.2, -0.15) is 5.10 Å². The molecule has 0 aliphatic heterocycles. The molecular weight excluding hydrogens is 510 g/mol. The Hall–Kier alpha value is -2.84. The molecule has 0 bridgehead atoms. The SMILES string of the molecule is Cc1nn(C)c(Nc2cc(F)c(Cl)c(F)c2-c2ccccc2F)c1-c1ccc(F)cc1Br. The molecule has 3 aromatic carbocycles. The van der Waals surface area contributed by atoms with Crippen LogP contribution in [0.1, 0.15) is 5.69 Å². The van der Waals surface area contributed by atoms with E-state index in [1.54, 1.807) is 20.0 Å². The highest BCUT2D eigenvalue weighted by molar-refractivity contribution is 9.10. The van der Waals surface area contributed by atoms with E-state index in [1.165, 1.54) is 41.1 Å². The molecule has 4 aromatic rings. The van der Waals surface area contributed by atoms with Crippen molar-refractivity contribution in [2.45, 2.75) is 6.92 Å². The molecule has 3 nitrogen and oxygen atoms in total. The van der Waals surface area contributed by atoms with Gasteiger partial charge in [0.05, 0.1) is 11.4 Å². The molecule has 0 spiro atoms. The predicted octanol–water partition coefficient (Wildman–Crippen LogP) is 7.78. The Morgan fingerprint density at radius 3 is 2.34 bits per heavy atom. The zero-order chi connectivity index (χ0) is 23.2. The lowest BCUT2D eigenvalue weighted by Crippen LogP contribution is -2.05. The minimum Gasteiger partial charge on any atom is -0.339 e. The van der Waals surface area contributed by atoms with Gasteiger partial charge in [-0.25, -0.2) is 17.6 Å². The van der Waals surface area contributed by atoms with Crippen molar-refractivity contribution >= 4 is 39.0 Å². The summed E-state index contributed by atoms with van der Waals surface area (Å²) in [5, 5.41) is 6.63. The summed E-state index contributed by atoms with van der Waals surface area (Å²) >= 11 is 9.15. The van der Waals surface area contributed by atoms with Crippen LogP contribution in [0.25, 0.3) is 22.3 Å². The van der Waals surface area contributed by atoms with Crippen LogP contribution in [0.3, 0.4) is 0 Å². The van der Waals surface area contributed by atoms with Gasteiger partial charge in [-0.15, -0.1) is 0 Å². The monoisotopic (exact) mass is 523 g/mol. The van der Waals surface area contributed by atoms with Gasteiger partial charge in [0.25, 0.3) is 0 Å². The molecule has 0 saturated heterocycles. The van der Waals surface area contributed by atoms with E-state index < -0.39 is 28.3 Å². The number of anilines is 2. The Morgan fingerprint density at radius 2 is 1.66 bits per heavy atom. The van der Waals surface area contributed by atoms with E-state index in [1.807, 2.05) is 0 Å². The summed E-state index contributed by atoms with van der Waals surface area (Å²) in [5.41, 5.74) is 1.42. The minimum atomic E-state index is -1.09. The number of aryl methyl sites for hydroxylation is 2. The smallest absolute Gasteiger partial charge is 0.154 e. The average Bonchev–Trinajstić information content (AvgIpc) is 3.00. The van der Waals surface area contributed by atoms with Gasteiger partial charge in [-0.05, 0) is 31.2 Å². The Labute approximate surface area is 194 Å². The van der Waals surface area contributed by atoms with Crippen LogP contribution >= 0.6 is 27.5 Å². The summed E-state index contributed by atoms with van der Waals surface area (Å²) in [5.74, 6) is -2.86. The van der Waals surface area contributed by atoms with Gasteiger partial charge in [-0.1, -0.05) is 51.8 Å². The molecule has 0 aliphatic rings. The molecule has 0 amide bonds. The lowest BCUT2D eigenvalue weighted by atomic mass is 10.0. The molecule has 0 radical (unpaired) electrons. The molecule has 164 valence electrons. The number of halogens is 6. The van der Waals surface area contributed by atoms with E-state index in [0.717, 1.165) is 6.07 Å². The first-order chi connectivity index (χ1) is 15.2. The van der Waals surface area contributed by atoms with Crippen LogP contribution in [0.15, 0.2) is 53.0 Å². The van der Waals surface area contributed by atoms with Crippen LogP contribution in [-0.2, 0) is 7.05 Å². The van der Waals surface area contributed by atoms with E-state index >= 15 is 4.39 Å². The maximum atomic E-state index is 15.1. The number of rotatable bonds is 4. The van der Waals surface area contributed by atoms with Crippen molar-refractivity contribution in [3.63, 3.8) is 0 Å². The third kappa shape index (κ3) is 3.89. The summed E-state index contributed by atoms with van der Waals surface area (Å²) in [4.78, 5) is 0. The number of hydrogen-bond donors (Lipinski definition) is 1. The normalized spacial score (nSPS) is 11.1. The second kappa shape index (κ2) is 8.60. The Kier molecular flexibility index (Phi) is 6.01. The van der Waals surface area contributed by atoms with E-state index in [0.29, 0.717) is 27.1 Å². The zero-order valence-corrected chi connectivity index (χ0v) is 19.1. The van der Waals surface area contributed by atoms with Crippen LogP contribution in [0, 0.1) is 30.2 Å². The van der Waals surface area contributed by atoms with Gasteiger partial charge in [0.2, 0.25) is 0 Å². The fourth-order valence-electron chi connectivity index (χ4n) is 3.56. The van der Waals surface area contributed by atoms with Crippen molar-refractivity contribution in [1.82, 2.24) is 9.78 Å². The van der Waals surface area contributed by atoms with Crippen molar-refractivity contribution in [3.05, 3.63) is 87.0 Å². The molecule has 1 aromatic heterocycles. The molecule has 4 rings (SSSR count). The number of hydrogen-bond acceptors (Lipinski definition) is 2. The van der Waals surface area contributed by atoms with E-state index in [4.69, 9.17) is 11.6 Å². The van der Waals surface area contributed by atoms with Gasteiger partial charge >= 0.3 is 0 Å². The molecule has 0 fully saturated rings. The highest BCUT2D eigenvalue weighted by atomic mass is 79.9. The Morgan fingerprint density at radius 1 is 0.938 bits per heavy atom. The highest BCUT2D eigenvalue weighted by Gasteiger charge is 2.24. The van der Waals surface area contributed by atoms with Gasteiger partial charge in [0, 0.05) is 33.8 Å². The topological polar surface area (TPSA) is 29.9 Å². The summed E-state index contributed by atoms with van der Waals surface area (Å²) < 4.78 is 59.6. The summed E-state index contributed by atoms with van der Waals surface area (Å²) in [7, 11) is 1.64. The first-order valence-electron chi connectivity index (χ1n) is 9.37. The van der Waals surface area contributed by atoms with Crippen LogP contribution in [0.5, 0.6) is 0 Å². The van der Waals surface area contributed by atoms with E-state index in [-0.39, 0.29) is 16.8 Å². The van der Waals surface area contributed by atoms with Crippen LogP contribution in [-0.4, -0.2) is 9.78 Å². The third-order valence-corrected chi connectivity index (χ3v) is 5.98. The minimum absolute atomic E-state index is 0.0445. The highest BCUT2D eigenvalue weighted by Crippen LogP contribution is 2.42. The van der Waals surface area contributed by atoms with Gasteiger partial charge in [-0.3, -0.25) is 4.68 Å². The number of nitrogens with zero attached hydrogens (tertiary/aromatic N) is 2. The predicted molar refractivity (Wildman–Crippen MR) is 121 cm³/mol. The average molecular weight is 525 g/mol. The van der Waals surface area contributed by atoms with Crippen molar-refractivity contribution in [1.29, 1.82) is 0 Å². The maximum Gasteiger partial charge on any atom is 0.154 e. The van der Waals surface area contributed by atoms with Gasteiger partial charge < -0.3 is 5.32 Å². The second-order valence-electron chi connectivity index (χ2n) is 7.07. The molecule has 32 heavy (non-hydrogen) atoms. The van der Waals surface area contributed by atoms with Crippen molar-refractivity contribution in [2.24, 2.45) is 7.05 Å². The van der Waals surface area contributed by atoms with Crippen molar-refractivity contribution in [2.75, 3.05) is 5.32 Å². The molecule has 0 atom stereocenters. The fraction of sp³-hybridized carbons (Fsp3) is 0.0870. The molecular formula is C23H15BrClF4N3. The van der Waals surface area contributed by atoms with Crippen LogP contribution in [0.4, 0.5) is 29.1 Å². The molecule has 0 aliphatic carbocycles. The second-order valence-corrected chi connectivity index (χ2v) is 8.30. The van der Waals surface area contributed by atoms with Gasteiger partial charge in [0.15, 0.2) is 5.82 Å². The van der Waals surface area contributed by atoms with Crippen molar-refractivity contribution < 1.29 is 17.6 Å². The largest absolute Gasteiger partial charge is 0.339 e. The number of aromatic nitrogens is 2. The zero-order valence-electron chi connectivity index (χ0n) is 16.8. The number of nitrogens with one attached hydrogen (secondary N) is 1. The first-order valence-corrected chi connectivity index (χ1v) is 10.5. The lowest BCUT2D eigenvalue weighted by molar-refractivity contribution is 0.584. The maximum absolute atomic E-state index is 15.1. The summed E-state index contributed by atoms with van der Waals surface area (Å²) in [6, 6.07) is 10.7. The quantitative estimate of drug-likeness (QED) is 0.218. The number of benzene rings is 3. The molecule has 0 saturated carbocycles. The van der Waals surface area contributed by atoms with E-state index in [2.05, 4.69) is 26.3 Å². The van der Waals surface area contributed by atoms with Crippen LogP contribution in [0.2, 0.25) is 5.02 Å². The van der Waals surface area contributed by atoms with Crippen molar-refractivity contribution in [3.8, 4) is 22.3 Å². The molecule has 1 heterocycles. The lowest BCUT2D eigenvalue weighted by Gasteiger charge is -2.17. The van der Waals surface area contributed by atoms with Crippen LogP contribution < -0.4 is 5.32 Å². The Balaban J connectivity index is 1.94. The molecule has 1 N–H and O–H groups in total.